The number of alkyl halides is 3. The zero-order valence-corrected chi connectivity index (χ0v) is 14.2. The topological polar surface area (TPSA) is 84.7 Å². The van der Waals surface area contributed by atoms with E-state index in [9.17, 15) is 22.8 Å². The van der Waals surface area contributed by atoms with E-state index in [-0.39, 0.29) is 29.9 Å². The number of carbonyl (C=O) groups is 2. The minimum Gasteiger partial charge on any atom is -0.406 e. The molecule has 1 aromatic carbocycles. The predicted molar refractivity (Wildman–Crippen MR) is 88.2 cm³/mol. The number of likely N-dealkylation sites (tertiary alicyclic amines) is 1. The Labute approximate surface area is 149 Å². The average Bonchev–Trinajstić information content (AvgIpc) is 2.60. The van der Waals surface area contributed by atoms with Crippen LogP contribution < -0.4 is 15.8 Å². The molecule has 0 aromatic heterocycles. The number of amides is 2. The van der Waals surface area contributed by atoms with Gasteiger partial charge in [-0.1, -0.05) is 12.1 Å². The number of hydrogen-bond acceptors (Lipinski definition) is 4. The number of hydrogen-bond donors (Lipinski definition) is 2. The molecule has 9 heteroatoms. The molecule has 26 heavy (non-hydrogen) atoms. The molecule has 0 radical (unpaired) electrons. The fourth-order valence-electron chi connectivity index (χ4n) is 2.85. The first-order chi connectivity index (χ1) is 12.3. The van der Waals surface area contributed by atoms with E-state index in [4.69, 9.17) is 5.73 Å². The number of rotatable bonds is 6. The Morgan fingerprint density at radius 3 is 2.58 bits per heavy atom. The molecule has 2 amide bonds. The minimum atomic E-state index is -4.75. The van der Waals surface area contributed by atoms with Gasteiger partial charge in [-0.15, -0.1) is 13.2 Å². The van der Waals surface area contributed by atoms with Crippen molar-refractivity contribution in [3.05, 3.63) is 29.8 Å². The monoisotopic (exact) mass is 373 g/mol. The minimum absolute atomic E-state index is 0.0590. The summed E-state index contributed by atoms with van der Waals surface area (Å²) in [6.45, 7) is 1.66. The highest BCUT2D eigenvalue weighted by atomic mass is 19.4. The van der Waals surface area contributed by atoms with E-state index >= 15 is 0 Å². The van der Waals surface area contributed by atoms with Crippen LogP contribution in [0.15, 0.2) is 24.3 Å². The number of carbonyl (C=O) groups excluding carboxylic acids is 2. The van der Waals surface area contributed by atoms with Crippen molar-refractivity contribution in [2.45, 2.75) is 25.6 Å². The smallest absolute Gasteiger partial charge is 0.406 e. The van der Waals surface area contributed by atoms with Crippen molar-refractivity contribution in [1.82, 2.24) is 10.2 Å². The molecule has 1 fully saturated rings. The fraction of sp³-hybridized carbons (Fsp3) is 0.529. The zero-order valence-electron chi connectivity index (χ0n) is 14.2. The van der Waals surface area contributed by atoms with E-state index in [2.05, 4.69) is 10.1 Å². The summed E-state index contributed by atoms with van der Waals surface area (Å²) in [6, 6.07) is 5.20. The number of piperidine rings is 1. The summed E-state index contributed by atoms with van der Waals surface area (Å²) in [5.41, 5.74) is 5.94. The van der Waals surface area contributed by atoms with Gasteiger partial charge in [0.15, 0.2) is 0 Å². The molecule has 1 heterocycles. The molecule has 0 bridgehead atoms. The molecular weight excluding hydrogens is 351 g/mol. The van der Waals surface area contributed by atoms with E-state index in [1.54, 1.807) is 4.90 Å². The number of benzene rings is 1. The number of nitrogens with zero attached hydrogens (tertiary/aromatic N) is 1. The summed E-state index contributed by atoms with van der Waals surface area (Å²) in [4.78, 5) is 26.1. The lowest BCUT2D eigenvalue weighted by Crippen LogP contribution is -2.46. The van der Waals surface area contributed by atoms with Gasteiger partial charge >= 0.3 is 6.36 Å². The van der Waals surface area contributed by atoms with Gasteiger partial charge in [0.2, 0.25) is 11.8 Å². The molecule has 0 spiro atoms. The Hall–Kier alpha value is -2.29. The van der Waals surface area contributed by atoms with Crippen LogP contribution in [-0.2, 0) is 16.0 Å². The van der Waals surface area contributed by atoms with Crippen molar-refractivity contribution >= 4 is 11.8 Å². The van der Waals surface area contributed by atoms with Crippen molar-refractivity contribution in [2.75, 3.05) is 26.2 Å². The highest BCUT2D eigenvalue weighted by molar-refractivity contribution is 5.82. The van der Waals surface area contributed by atoms with E-state index in [1.165, 1.54) is 24.3 Å². The van der Waals surface area contributed by atoms with Crippen molar-refractivity contribution < 1.29 is 27.5 Å². The third-order valence-electron chi connectivity index (χ3n) is 4.10. The summed E-state index contributed by atoms with van der Waals surface area (Å²) in [6.07, 6.45) is -3.25. The SMILES string of the molecule is NCCNC(=O)C1CCCN(C(=O)Cc2ccc(OC(F)(F)F)cc2)C1. The fourth-order valence-corrected chi connectivity index (χ4v) is 2.85. The van der Waals surface area contributed by atoms with Gasteiger partial charge in [0.05, 0.1) is 12.3 Å². The molecule has 1 unspecified atom stereocenters. The molecule has 0 aliphatic carbocycles. The Morgan fingerprint density at radius 2 is 1.96 bits per heavy atom. The summed E-state index contributed by atoms with van der Waals surface area (Å²) >= 11 is 0. The zero-order chi connectivity index (χ0) is 19.2. The Bertz CT molecular complexity index is 620. The average molecular weight is 373 g/mol. The first kappa shape index (κ1) is 20.0. The van der Waals surface area contributed by atoms with Gasteiger partial charge in [-0.25, -0.2) is 0 Å². The first-order valence-electron chi connectivity index (χ1n) is 8.38. The predicted octanol–water partition coefficient (Wildman–Crippen LogP) is 1.44. The second kappa shape index (κ2) is 8.88. The lowest BCUT2D eigenvalue weighted by atomic mass is 9.96. The summed E-state index contributed by atoms with van der Waals surface area (Å²) in [5.74, 6) is -0.863. The number of ether oxygens (including phenoxy) is 1. The molecule has 1 aromatic rings. The van der Waals surface area contributed by atoms with Crippen molar-refractivity contribution in [3.63, 3.8) is 0 Å². The summed E-state index contributed by atoms with van der Waals surface area (Å²) in [7, 11) is 0. The van der Waals surface area contributed by atoms with Crippen LogP contribution in [0.1, 0.15) is 18.4 Å². The van der Waals surface area contributed by atoms with Crippen LogP contribution in [0.3, 0.4) is 0 Å². The van der Waals surface area contributed by atoms with E-state index in [1.807, 2.05) is 0 Å². The number of nitrogens with two attached hydrogens (primary N) is 1. The van der Waals surface area contributed by atoms with Gasteiger partial charge in [0, 0.05) is 26.2 Å². The Morgan fingerprint density at radius 1 is 1.27 bits per heavy atom. The normalized spacial score (nSPS) is 17.7. The van der Waals surface area contributed by atoms with Crippen molar-refractivity contribution in [3.8, 4) is 5.75 Å². The van der Waals surface area contributed by atoms with Gasteiger partial charge < -0.3 is 20.7 Å². The molecular formula is C17H22F3N3O3. The van der Waals surface area contributed by atoms with Crippen LogP contribution in [-0.4, -0.2) is 49.3 Å². The third kappa shape index (κ3) is 6.21. The van der Waals surface area contributed by atoms with Crippen LogP contribution in [0.5, 0.6) is 5.75 Å². The lowest BCUT2D eigenvalue weighted by molar-refractivity contribution is -0.274. The molecule has 1 atom stereocenters. The highest BCUT2D eigenvalue weighted by Crippen LogP contribution is 2.23. The Kier molecular flexibility index (Phi) is 6.84. The summed E-state index contributed by atoms with van der Waals surface area (Å²) in [5, 5.41) is 2.73. The third-order valence-corrected chi connectivity index (χ3v) is 4.10. The van der Waals surface area contributed by atoms with Gasteiger partial charge in [-0.3, -0.25) is 9.59 Å². The Balaban J connectivity index is 1.89. The second-order valence-corrected chi connectivity index (χ2v) is 6.13. The van der Waals surface area contributed by atoms with E-state index in [0.29, 0.717) is 38.2 Å². The maximum absolute atomic E-state index is 12.4. The maximum Gasteiger partial charge on any atom is 0.573 e. The van der Waals surface area contributed by atoms with Crippen LogP contribution in [0.25, 0.3) is 0 Å². The van der Waals surface area contributed by atoms with Gasteiger partial charge in [-0.2, -0.15) is 0 Å². The quantitative estimate of drug-likeness (QED) is 0.790. The molecule has 1 saturated heterocycles. The molecule has 0 saturated carbocycles. The highest BCUT2D eigenvalue weighted by Gasteiger charge is 2.31. The number of nitrogens with one attached hydrogen (secondary N) is 1. The molecule has 144 valence electrons. The first-order valence-corrected chi connectivity index (χ1v) is 8.38. The molecule has 3 N–H and O–H groups in total. The van der Waals surface area contributed by atoms with Gasteiger partial charge in [-0.05, 0) is 30.5 Å². The molecule has 6 nitrogen and oxygen atoms in total. The molecule has 2 rings (SSSR count). The van der Waals surface area contributed by atoms with E-state index in [0.717, 1.165) is 6.42 Å². The maximum atomic E-state index is 12.4. The lowest BCUT2D eigenvalue weighted by Gasteiger charge is -2.32. The molecule has 1 aliphatic rings. The van der Waals surface area contributed by atoms with Crippen molar-refractivity contribution in [2.24, 2.45) is 11.7 Å². The van der Waals surface area contributed by atoms with E-state index < -0.39 is 6.36 Å². The van der Waals surface area contributed by atoms with Crippen molar-refractivity contribution in [1.29, 1.82) is 0 Å². The van der Waals surface area contributed by atoms with Gasteiger partial charge in [0.1, 0.15) is 5.75 Å². The number of halogens is 3. The largest absolute Gasteiger partial charge is 0.573 e. The molecule has 1 aliphatic heterocycles. The van der Waals surface area contributed by atoms with Crippen LogP contribution in [0.2, 0.25) is 0 Å². The van der Waals surface area contributed by atoms with Crippen LogP contribution in [0.4, 0.5) is 13.2 Å². The van der Waals surface area contributed by atoms with Crippen LogP contribution in [0, 0.1) is 5.92 Å². The second-order valence-electron chi connectivity index (χ2n) is 6.13. The standard InChI is InChI=1S/C17H22F3N3O3/c18-17(19,20)26-14-5-3-12(4-6-14)10-15(24)23-9-1-2-13(11-23)16(25)22-8-7-21/h3-6,13H,1-2,7-11,21H2,(H,22,25). The summed E-state index contributed by atoms with van der Waals surface area (Å²) < 4.78 is 40.3. The van der Waals surface area contributed by atoms with Crippen LogP contribution >= 0.6 is 0 Å². The van der Waals surface area contributed by atoms with Gasteiger partial charge in [0.25, 0.3) is 0 Å².